The number of nitrogens with one attached hydrogen (secondary N) is 1. The van der Waals surface area contributed by atoms with Gasteiger partial charge in [0.2, 0.25) is 5.91 Å². The third kappa shape index (κ3) is 4.42. The Morgan fingerprint density at radius 2 is 2.06 bits per heavy atom. The molecule has 4 nitrogen and oxygen atoms in total. The summed E-state index contributed by atoms with van der Waals surface area (Å²) in [5.74, 6) is -0.0742. The summed E-state index contributed by atoms with van der Waals surface area (Å²) in [6.07, 6.45) is 0. The minimum Gasteiger partial charge on any atom is -0.359 e. The second-order valence-corrected chi connectivity index (χ2v) is 3.44. The zero-order valence-corrected chi connectivity index (χ0v) is 9.60. The SMILES string of the molecule is COCOC[C@@H](NC(C)=O)c1ccccc1. The summed E-state index contributed by atoms with van der Waals surface area (Å²) in [4.78, 5) is 11.1. The maximum absolute atomic E-state index is 11.1. The van der Waals surface area contributed by atoms with Crippen LogP contribution in [0, 0.1) is 0 Å². The van der Waals surface area contributed by atoms with Gasteiger partial charge in [0.25, 0.3) is 0 Å². The van der Waals surface area contributed by atoms with Gasteiger partial charge in [0, 0.05) is 14.0 Å². The van der Waals surface area contributed by atoms with E-state index < -0.39 is 0 Å². The number of hydrogen-bond acceptors (Lipinski definition) is 3. The zero-order valence-electron chi connectivity index (χ0n) is 9.60. The second-order valence-electron chi connectivity index (χ2n) is 3.44. The molecule has 88 valence electrons. The van der Waals surface area contributed by atoms with Crippen LogP contribution in [0.3, 0.4) is 0 Å². The van der Waals surface area contributed by atoms with E-state index in [9.17, 15) is 4.79 Å². The molecule has 0 radical (unpaired) electrons. The number of methoxy groups -OCH3 is 1. The third-order valence-electron chi connectivity index (χ3n) is 2.07. The van der Waals surface area contributed by atoms with E-state index in [2.05, 4.69) is 5.32 Å². The summed E-state index contributed by atoms with van der Waals surface area (Å²) in [6, 6.07) is 9.58. The lowest BCUT2D eigenvalue weighted by atomic mass is 10.1. The van der Waals surface area contributed by atoms with Crippen molar-refractivity contribution in [3.8, 4) is 0 Å². The summed E-state index contributed by atoms with van der Waals surface area (Å²) in [5, 5.41) is 2.84. The van der Waals surface area contributed by atoms with Crippen LogP contribution >= 0.6 is 0 Å². The van der Waals surface area contributed by atoms with Gasteiger partial charge >= 0.3 is 0 Å². The van der Waals surface area contributed by atoms with Crippen LogP contribution in [-0.4, -0.2) is 26.4 Å². The van der Waals surface area contributed by atoms with Gasteiger partial charge in [-0.2, -0.15) is 0 Å². The fourth-order valence-electron chi connectivity index (χ4n) is 1.40. The normalized spacial score (nSPS) is 12.1. The van der Waals surface area contributed by atoms with Crippen molar-refractivity contribution in [3.63, 3.8) is 0 Å². The molecule has 1 atom stereocenters. The van der Waals surface area contributed by atoms with Gasteiger partial charge in [0.15, 0.2) is 0 Å². The van der Waals surface area contributed by atoms with Gasteiger partial charge in [-0.3, -0.25) is 4.79 Å². The Labute approximate surface area is 95.6 Å². The van der Waals surface area contributed by atoms with Gasteiger partial charge in [-0.05, 0) is 5.56 Å². The first-order valence-corrected chi connectivity index (χ1v) is 5.12. The first-order valence-electron chi connectivity index (χ1n) is 5.12. The molecule has 0 fully saturated rings. The van der Waals surface area contributed by atoms with Crippen molar-refractivity contribution in [2.75, 3.05) is 20.5 Å². The molecule has 1 amide bonds. The van der Waals surface area contributed by atoms with Gasteiger partial charge in [0.1, 0.15) is 6.79 Å². The summed E-state index contributed by atoms with van der Waals surface area (Å²) in [5.41, 5.74) is 1.02. The van der Waals surface area contributed by atoms with Crippen LogP contribution in [-0.2, 0) is 14.3 Å². The highest BCUT2D eigenvalue weighted by Crippen LogP contribution is 2.12. The molecule has 4 heteroatoms. The summed E-state index contributed by atoms with van der Waals surface area (Å²) < 4.78 is 10.1. The van der Waals surface area contributed by atoms with Crippen molar-refractivity contribution >= 4 is 5.91 Å². The molecule has 16 heavy (non-hydrogen) atoms. The number of carbonyl (C=O) groups excluding carboxylic acids is 1. The van der Waals surface area contributed by atoms with Crippen LogP contribution < -0.4 is 5.32 Å². The minimum atomic E-state index is -0.131. The van der Waals surface area contributed by atoms with Crippen molar-refractivity contribution in [2.45, 2.75) is 13.0 Å². The van der Waals surface area contributed by atoms with E-state index in [1.807, 2.05) is 30.3 Å². The van der Waals surface area contributed by atoms with Crippen LogP contribution in [0.5, 0.6) is 0 Å². The maximum atomic E-state index is 11.1. The van der Waals surface area contributed by atoms with Crippen LogP contribution in [0.25, 0.3) is 0 Å². The lowest BCUT2D eigenvalue weighted by Crippen LogP contribution is -2.29. The monoisotopic (exact) mass is 223 g/mol. The molecule has 0 spiro atoms. The van der Waals surface area contributed by atoms with Crippen molar-refractivity contribution in [1.29, 1.82) is 0 Å². The van der Waals surface area contributed by atoms with Gasteiger partial charge in [-0.15, -0.1) is 0 Å². The van der Waals surface area contributed by atoms with E-state index in [4.69, 9.17) is 9.47 Å². The number of hydrogen-bond donors (Lipinski definition) is 1. The Morgan fingerprint density at radius 1 is 1.38 bits per heavy atom. The van der Waals surface area contributed by atoms with E-state index in [0.717, 1.165) is 5.56 Å². The highest BCUT2D eigenvalue weighted by molar-refractivity contribution is 5.73. The van der Waals surface area contributed by atoms with Crippen molar-refractivity contribution in [1.82, 2.24) is 5.32 Å². The first kappa shape index (κ1) is 12.7. The summed E-state index contributed by atoms with van der Waals surface area (Å²) >= 11 is 0. The van der Waals surface area contributed by atoms with E-state index in [-0.39, 0.29) is 18.7 Å². The standard InChI is InChI=1S/C12H17NO3/c1-10(14)13-12(8-16-9-15-2)11-6-4-3-5-7-11/h3-7,12H,8-9H2,1-2H3,(H,13,14)/t12-/m1/s1. The van der Waals surface area contributed by atoms with E-state index in [1.165, 1.54) is 6.92 Å². The molecular weight excluding hydrogens is 206 g/mol. The lowest BCUT2D eigenvalue weighted by molar-refractivity contribution is -0.120. The number of ether oxygens (including phenoxy) is 2. The van der Waals surface area contributed by atoms with Gasteiger partial charge in [-0.25, -0.2) is 0 Å². The van der Waals surface area contributed by atoms with Crippen LogP contribution in [0.4, 0.5) is 0 Å². The molecule has 1 N–H and O–H groups in total. The van der Waals surface area contributed by atoms with Crippen molar-refractivity contribution in [2.24, 2.45) is 0 Å². The molecule has 0 bridgehead atoms. The van der Waals surface area contributed by atoms with Crippen molar-refractivity contribution in [3.05, 3.63) is 35.9 Å². The van der Waals surface area contributed by atoms with E-state index in [1.54, 1.807) is 7.11 Å². The predicted molar refractivity (Wildman–Crippen MR) is 60.8 cm³/mol. The minimum absolute atomic E-state index is 0.0742. The molecule has 0 unspecified atom stereocenters. The average molecular weight is 223 g/mol. The second kappa shape index (κ2) is 6.98. The van der Waals surface area contributed by atoms with Gasteiger partial charge in [0.05, 0.1) is 12.6 Å². The number of carbonyl (C=O) groups is 1. The molecule has 1 aromatic carbocycles. The van der Waals surface area contributed by atoms with Crippen LogP contribution in [0.2, 0.25) is 0 Å². The molecule has 1 rings (SSSR count). The Kier molecular flexibility index (Phi) is 5.53. The maximum Gasteiger partial charge on any atom is 0.217 e. The Hall–Kier alpha value is -1.39. The Balaban J connectivity index is 2.60. The topological polar surface area (TPSA) is 47.6 Å². The molecule has 0 saturated carbocycles. The van der Waals surface area contributed by atoms with Crippen molar-refractivity contribution < 1.29 is 14.3 Å². The van der Waals surface area contributed by atoms with Crippen LogP contribution in [0.1, 0.15) is 18.5 Å². The Morgan fingerprint density at radius 3 is 2.62 bits per heavy atom. The van der Waals surface area contributed by atoms with Gasteiger partial charge < -0.3 is 14.8 Å². The number of rotatable bonds is 6. The number of benzene rings is 1. The summed E-state index contributed by atoms with van der Waals surface area (Å²) in [6.45, 7) is 2.12. The predicted octanol–water partition coefficient (Wildman–Crippen LogP) is 1.48. The van der Waals surface area contributed by atoms with Gasteiger partial charge in [-0.1, -0.05) is 30.3 Å². The highest BCUT2D eigenvalue weighted by atomic mass is 16.7. The first-order chi connectivity index (χ1) is 7.74. The summed E-state index contributed by atoms with van der Waals surface area (Å²) in [7, 11) is 1.57. The fraction of sp³-hybridized carbons (Fsp3) is 0.417. The zero-order chi connectivity index (χ0) is 11.8. The smallest absolute Gasteiger partial charge is 0.217 e. The average Bonchev–Trinajstić information content (AvgIpc) is 2.29. The quantitative estimate of drug-likeness (QED) is 0.587. The number of amides is 1. The molecule has 1 aromatic rings. The molecule has 0 aliphatic heterocycles. The Bertz CT molecular complexity index is 313. The molecule has 0 heterocycles. The molecule has 0 saturated heterocycles. The van der Waals surface area contributed by atoms with E-state index in [0.29, 0.717) is 6.61 Å². The van der Waals surface area contributed by atoms with Crippen LogP contribution in [0.15, 0.2) is 30.3 Å². The molecule has 0 aliphatic carbocycles. The molecule has 0 aliphatic rings. The van der Waals surface area contributed by atoms with E-state index >= 15 is 0 Å². The third-order valence-corrected chi connectivity index (χ3v) is 2.07. The largest absolute Gasteiger partial charge is 0.359 e. The highest BCUT2D eigenvalue weighted by Gasteiger charge is 2.12. The molecular formula is C12H17NO3. The molecule has 0 aromatic heterocycles. The lowest BCUT2D eigenvalue weighted by Gasteiger charge is -2.18. The fourth-order valence-corrected chi connectivity index (χ4v) is 1.40.